The molecule has 24 heavy (non-hydrogen) atoms. The predicted octanol–water partition coefficient (Wildman–Crippen LogP) is 2.69. The van der Waals surface area contributed by atoms with Crippen molar-refractivity contribution in [3.63, 3.8) is 0 Å². The lowest BCUT2D eigenvalue weighted by molar-refractivity contribution is -0.139. The number of hydrogen-bond donors (Lipinski definition) is 1. The summed E-state index contributed by atoms with van der Waals surface area (Å²) in [4.78, 5) is 12.0. The zero-order chi connectivity index (χ0) is 17.5. The van der Waals surface area contributed by atoms with Crippen molar-refractivity contribution in [2.24, 2.45) is 5.73 Å². The Morgan fingerprint density at radius 3 is 2.46 bits per heavy atom. The highest BCUT2D eigenvalue weighted by molar-refractivity contribution is 5.86. The molecule has 0 bridgehead atoms. The van der Waals surface area contributed by atoms with Gasteiger partial charge in [0.2, 0.25) is 5.91 Å². The Bertz CT molecular complexity index is 628. The van der Waals surface area contributed by atoms with Gasteiger partial charge in [0.1, 0.15) is 6.04 Å². The van der Waals surface area contributed by atoms with E-state index in [-0.39, 0.29) is 5.56 Å². The van der Waals surface area contributed by atoms with Gasteiger partial charge in [-0.05, 0) is 25.0 Å². The number of nitrogens with zero attached hydrogens (tertiary/aromatic N) is 3. The van der Waals surface area contributed by atoms with E-state index in [4.69, 9.17) is 5.73 Å². The van der Waals surface area contributed by atoms with Gasteiger partial charge in [0.15, 0.2) is 0 Å². The van der Waals surface area contributed by atoms with Crippen LogP contribution in [0.15, 0.2) is 18.2 Å². The molecule has 2 N–H and O–H groups in total. The van der Waals surface area contributed by atoms with E-state index in [0.29, 0.717) is 12.2 Å². The quantitative estimate of drug-likeness (QED) is 0.918. The molecule has 1 aromatic rings. The van der Waals surface area contributed by atoms with Crippen molar-refractivity contribution in [3.05, 3.63) is 29.3 Å². The molecule has 1 aromatic carbocycles. The van der Waals surface area contributed by atoms with Crippen molar-refractivity contribution >= 4 is 11.6 Å². The van der Waals surface area contributed by atoms with Crippen molar-refractivity contribution in [3.8, 4) is 0 Å². The fourth-order valence-corrected chi connectivity index (χ4v) is 3.65. The predicted molar refractivity (Wildman–Crippen MR) is 83.7 cm³/mol. The van der Waals surface area contributed by atoms with Crippen molar-refractivity contribution in [2.75, 3.05) is 24.8 Å². The second-order valence-electron chi connectivity index (χ2n) is 6.10. The molecule has 1 atom stereocenters. The number of hydrazine groups is 2. The number of alkyl halides is 3. The number of benzene rings is 1. The Hall–Kier alpha value is -1.80. The van der Waals surface area contributed by atoms with Gasteiger partial charge in [0.25, 0.3) is 0 Å². The maximum absolute atomic E-state index is 13.5. The Labute approximate surface area is 138 Å². The van der Waals surface area contributed by atoms with Crippen molar-refractivity contribution in [1.82, 2.24) is 10.0 Å². The van der Waals surface area contributed by atoms with E-state index in [1.807, 2.05) is 11.9 Å². The minimum atomic E-state index is -4.53. The monoisotopic (exact) mass is 342 g/mol. The molecular weight excluding hydrogens is 321 g/mol. The summed E-state index contributed by atoms with van der Waals surface area (Å²) in [6.07, 6.45) is -1.48. The Balaban J connectivity index is 2.15. The molecule has 2 aliphatic heterocycles. The number of likely N-dealkylation sites (N-methyl/N-ethyl adjacent to an activating group) is 1. The highest BCUT2D eigenvalue weighted by Crippen LogP contribution is 2.47. The molecule has 5 nitrogen and oxygen atoms in total. The van der Waals surface area contributed by atoms with E-state index in [1.54, 1.807) is 16.2 Å². The Morgan fingerprint density at radius 2 is 1.92 bits per heavy atom. The number of carbonyl (C=O) groups excluding carboxylic acids is 1. The summed E-state index contributed by atoms with van der Waals surface area (Å²) >= 11 is 0. The number of halogens is 3. The zero-order valence-electron chi connectivity index (χ0n) is 13.5. The van der Waals surface area contributed by atoms with Crippen LogP contribution in [0.3, 0.4) is 0 Å². The van der Waals surface area contributed by atoms with Crippen LogP contribution in [0.4, 0.5) is 18.9 Å². The van der Waals surface area contributed by atoms with E-state index < -0.39 is 23.7 Å². The number of hydrogen-bond acceptors (Lipinski definition) is 4. The summed E-state index contributed by atoms with van der Waals surface area (Å²) in [7, 11) is 0. The fraction of sp³-hybridized carbons (Fsp3) is 0.562. The van der Waals surface area contributed by atoms with Crippen LogP contribution in [0.1, 0.15) is 43.4 Å². The minimum absolute atomic E-state index is 0.0371. The molecule has 0 aromatic heterocycles. The first kappa shape index (κ1) is 17.0. The third-order valence-electron chi connectivity index (χ3n) is 4.61. The zero-order valence-corrected chi connectivity index (χ0v) is 13.5. The average Bonchev–Trinajstić information content (AvgIpc) is 2.88. The summed E-state index contributed by atoms with van der Waals surface area (Å²) in [5.74, 6) is -0.769. The molecule has 1 saturated heterocycles. The molecule has 1 unspecified atom stereocenters. The highest BCUT2D eigenvalue weighted by Gasteiger charge is 2.47. The number of rotatable bonds is 3. The van der Waals surface area contributed by atoms with Crippen molar-refractivity contribution in [2.45, 2.75) is 38.4 Å². The van der Waals surface area contributed by atoms with Crippen LogP contribution in [-0.2, 0) is 11.0 Å². The highest BCUT2D eigenvalue weighted by atomic mass is 19.4. The van der Waals surface area contributed by atoms with Gasteiger partial charge in [-0.3, -0.25) is 4.79 Å². The lowest BCUT2D eigenvalue weighted by Crippen LogP contribution is -2.54. The number of fused-ring (bicyclic) bond motifs is 1. The van der Waals surface area contributed by atoms with Gasteiger partial charge in [-0.15, -0.1) is 0 Å². The first-order chi connectivity index (χ1) is 11.4. The van der Waals surface area contributed by atoms with E-state index in [9.17, 15) is 18.0 Å². The molecule has 2 aliphatic rings. The Morgan fingerprint density at radius 1 is 1.25 bits per heavy atom. The molecule has 1 amide bonds. The average molecular weight is 342 g/mol. The number of carbonyl (C=O) groups is 1. The SMILES string of the molecule is CCN1C(C(N)=O)c2c(cccc2C(F)(F)F)N1N1CCCCC1. The number of nitrogens with two attached hydrogens (primary N) is 1. The number of anilines is 1. The van der Waals surface area contributed by atoms with Gasteiger partial charge in [-0.1, -0.05) is 19.4 Å². The molecule has 0 radical (unpaired) electrons. The summed E-state index contributed by atoms with van der Waals surface area (Å²) in [5.41, 5.74) is 5.06. The van der Waals surface area contributed by atoms with Crippen LogP contribution in [0, 0.1) is 0 Å². The van der Waals surface area contributed by atoms with Crippen LogP contribution in [0.5, 0.6) is 0 Å². The summed E-state index contributed by atoms with van der Waals surface area (Å²) in [6.45, 7) is 3.69. The maximum atomic E-state index is 13.5. The molecular formula is C16H21F3N4O. The second kappa shape index (κ2) is 6.25. The van der Waals surface area contributed by atoms with E-state index >= 15 is 0 Å². The number of amides is 1. The summed E-state index contributed by atoms with van der Waals surface area (Å²) in [5, 5.41) is 5.38. The molecule has 0 spiro atoms. The van der Waals surface area contributed by atoms with Crippen LogP contribution in [-0.4, -0.2) is 35.6 Å². The lowest BCUT2D eigenvalue weighted by atomic mass is 9.98. The summed E-state index contributed by atoms with van der Waals surface area (Å²) < 4.78 is 40.4. The van der Waals surface area contributed by atoms with Crippen LogP contribution in [0.2, 0.25) is 0 Å². The third-order valence-corrected chi connectivity index (χ3v) is 4.61. The van der Waals surface area contributed by atoms with E-state index in [0.717, 1.165) is 38.4 Å². The first-order valence-corrected chi connectivity index (χ1v) is 8.17. The smallest absolute Gasteiger partial charge is 0.368 e. The molecule has 1 fully saturated rings. The van der Waals surface area contributed by atoms with Crippen LogP contribution in [0.25, 0.3) is 0 Å². The molecule has 0 aliphatic carbocycles. The number of piperidine rings is 1. The van der Waals surface area contributed by atoms with Crippen molar-refractivity contribution in [1.29, 1.82) is 0 Å². The molecule has 132 valence electrons. The van der Waals surface area contributed by atoms with Gasteiger partial charge in [0.05, 0.1) is 11.3 Å². The van der Waals surface area contributed by atoms with Crippen molar-refractivity contribution < 1.29 is 18.0 Å². The van der Waals surface area contributed by atoms with Gasteiger partial charge in [-0.25, -0.2) is 10.1 Å². The van der Waals surface area contributed by atoms with Crippen LogP contribution < -0.4 is 10.9 Å². The number of primary amides is 1. The van der Waals surface area contributed by atoms with Gasteiger partial charge in [-0.2, -0.15) is 18.2 Å². The maximum Gasteiger partial charge on any atom is 0.416 e. The molecule has 8 heteroatoms. The molecule has 0 saturated carbocycles. The molecule has 2 heterocycles. The van der Waals surface area contributed by atoms with E-state index in [1.165, 1.54) is 6.07 Å². The van der Waals surface area contributed by atoms with E-state index in [2.05, 4.69) is 0 Å². The minimum Gasteiger partial charge on any atom is -0.368 e. The van der Waals surface area contributed by atoms with Gasteiger partial charge < -0.3 is 5.73 Å². The van der Waals surface area contributed by atoms with Gasteiger partial charge in [0, 0.05) is 25.2 Å². The molecule has 3 rings (SSSR count). The van der Waals surface area contributed by atoms with Crippen LogP contribution >= 0.6 is 0 Å². The second-order valence-corrected chi connectivity index (χ2v) is 6.10. The Kier molecular flexibility index (Phi) is 4.44. The normalized spacial score (nSPS) is 22.7. The lowest BCUT2D eigenvalue weighted by Gasteiger charge is -2.42. The summed E-state index contributed by atoms with van der Waals surface area (Å²) in [6, 6.07) is 2.92. The fourth-order valence-electron chi connectivity index (χ4n) is 3.65. The first-order valence-electron chi connectivity index (χ1n) is 8.17. The standard InChI is InChI=1S/C16H21F3N4O/c1-2-22-14(15(20)24)13-11(16(17,18)19)7-6-8-12(13)23(22)21-9-4-3-5-10-21/h6-8,14H,2-5,9-10H2,1H3,(H2,20,24). The third kappa shape index (κ3) is 2.73. The largest absolute Gasteiger partial charge is 0.416 e. The topological polar surface area (TPSA) is 52.8 Å². The van der Waals surface area contributed by atoms with Gasteiger partial charge >= 0.3 is 6.18 Å².